The lowest BCUT2D eigenvalue weighted by Gasteiger charge is -2.05. The van der Waals surface area contributed by atoms with Crippen LogP contribution in [0.2, 0.25) is 0 Å². The van der Waals surface area contributed by atoms with Crippen LogP contribution in [0.15, 0.2) is 54.4 Å². The van der Waals surface area contributed by atoms with Crippen LogP contribution in [0.25, 0.3) is 5.69 Å². The fourth-order valence-corrected chi connectivity index (χ4v) is 2.26. The third-order valence-corrected chi connectivity index (χ3v) is 3.42. The average Bonchev–Trinajstić information content (AvgIpc) is 3.13. The average molecular weight is 270 g/mol. The smallest absolute Gasteiger partial charge is 0.265 e. The molecule has 1 N–H and O–H groups in total. The van der Waals surface area contributed by atoms with Crippen LogP contribution >= 0.6 is 11.3 Å². The van der Waals surface area contributed by atoms with Gasteiger partial charge in [0.1, 0.15) is 12.7 Å². The first kappa shape index (κ1) is 11.6. The van der Waals surface area contributed by atoms with E-state index in [1.807, 2.05) is 35.7 Å². The molecule has 0 aliphatic heterocycles. The number of amides is 1. The van der Waals surface area contributed by atoms with E-state index < -0.39 is 0 Å². The molecule has 94 valence electrons. The molecule has 19 heavy (non-hydrogen) atoms. The second-order valence-electron chi connectivity index (χ2n) is 3.82. The Kier molecular flexibility index (Phi) is 3.07. The third kappa shape index (κ3) is 2.53. The molecule has 0 saturated carbocycles. The van der Waals surface area contributed by atoms with Crippen molar-refractivity contribution in [1.29, 1.82) is 0 Å². The Balaban J connectivity index is 1.75. The number of aromatic nitrogens is 3. The van der Waals surface area contributed by atoms with Gasteiger partial charge < -0.3 is 5.32 Å². The molecular formula is C13H10N4OS. The fraction of sp³-hybridized carbons (Fsp3) is 0. The van der Waals surface area contributed by atoms with E-state index in [4.69, 9.17) is 0 Å². The van der Waals surface area contributed by atoms with E-state index in [9.17, 15) is 4.79 Å². The van der Waals surface area contributed by atoms with Crippen molar-refractivity contribution in [2.24, 2.45) is 0 Å². The summed E-state index contributed by atoms with van der Waals surface area (Å²) in [6.45, 7) is 0. The molecule has 0 aliphatic rings. The van der Waals surface area contributed by atoms with Crippen LogP contribution in [0.3, 0.4) is 0 Å². The van der Waals surface area contributed by atoms with E-state index >= 15 is 0 Å². The molecule has 5 nitrogen and oxygen atoms in total. The van der Waals surface area contributed by atoms with Gasteiger partial charge in [0.15, 0.2) is 0 Å². The molecule has 6 heteroatoms. The summed E-state index contributed by atoms with van der Waals surface area (Å²) in [7, 11) is 0. The molecule has 0 fully saturated rings. The Hall–Kier alpha value is -2.47. The van der Waals surface area contributed by atoms with E-state index in [-0.39, 0.29) is 5.91 Å². The lowest BCUT2D eigenvalue weighted by Crippen LogP contribution is -2.10. The van der Waals surface area contributed by atoms with E-state index in [1.165, 1.54) is 17.7 Å². The molecule has 1 aromatic carbocycles. The number of benzene rings is 1. The number of carbonyl (C=O) groups is 1. The lowest BCUT2D eigenvalue weighted by atomic mass is 10.2. The fourth-order valence-electron chi connectivity index (χ4n) is 1.64. The number of rotatable bonds is 3. The van der Waals surface area contributed by atoms with Crippen molar-refractivity contribution in [2.75, 3.05) is 5.32 Å². The number of nitrogens with zero attached hydrogens (tertiary/aromatic N) is 3. The molecule has 1 amide bonds. The van der Waals surface area contributed by atoms with Crippen molar-refractivity contribution in [3.63, 3.8) is 0 Å². The second-order valence-corrected chi connectivity index (χ2v) is 4.77. The van der Waals surface area contributed by atoms with Crippen molar-refractivity contribution in [3.05, 3.63) is 59.3 Å². The van der Waals surface area contributed by atoms with Crippen molar-refractivity contribution in [1.82, 2.24) is 14.8 Å². The SMILES string of the molecule is O=C(Nc1ccc(-n2cncn2)cc1)c1cccs1. The first-order chi connectivity index (χ1) is 9.33. The molecule has 2 aromatic heterocycles. The molecule has 2 heterocycles. The van der Waals surface area contributed by atoms with Crippen LogP contribution in [0, 0.1) is 0 Å². The highest BCUT2D eigenvalue weighted by Gasteiger charge is 2.06. The Morgan fingerprint density at radius 2 is 2.05 bits per heavy atom. The van der Waals surface area contributed by atoms with E-state index in [2.05, 4.69) is 15.4 Å². The summed E-state index contributed by atoms with van der Waals surface area (Å²) in [5, 5.41) is 8.76. The molecule has 3 aromatic rings. The number of nitrogens with one attached hydrogen (secondary N) is 1. The lowest BCUT2D eigenvalue weighted by molar-refractivity contribution is 0.103. The van der Waals surface area contributed by atoms with Crippen molar-refractivity contribution in [2.45, 2.75) is 0 Å². The Bertz CT molecular complexity index is 659. The molecule has 0 unspecified atom stereocenters. The summed E-state index contributed by atoms with van der Waals surface area (Å²) < 4.78 is 1.66. The van der Waals surface area contributed by atoms with Crippen LogP contribution < -0.4 is 5.32 Å². The summed E-state index contributed by atoms with van der Waals surface area (Å²) >= 11 is 1.42. The predicted molar refractivity (Wildman–Crippen MR) is 73.6 cm³/mol. The maximum atomic E-state index is 11.9. The highest BCUT2D eigenvalue weighted by molar-refractivity contribution is 7.12. The molecule has 0 saturated heterocycles. The maximum absolute atomic E-state index is 11.9. The van der Waals surface area contributed by atoms with Gasteiger partial charge in [0.2, 0.25) is 0 Å². The Morgan fingerprint density at radius 3 is 2.68 bits per heavy atom. The van der Waals surface area contributed by atoms with Crippen LogP contribution in [-0.4, -0.2) is 20.7 Å². The molecule has 0 aliphatic carbocycles. The van der Waals surface area contributed by atoms with Gasteiger partial charge in [-0.2, -0.15) is 5.10 Å². The highest BCUT2D eigenvalue weighted by atomic mass is 32.1. The van der Waals surface area contributed by atoms with E-state index in [1.54, 1.807) is 17.1 Å². The molecule has 0 bridgehead atoms. The minimum atomic E-state index is -0.0940. The van der Waals surface area contributed by atoms with Gasteiger partial charge >= 0.3 is 0 Å². The van der Waals surface area contributed by atoms with Gasteiger partial charge in [-0.15, -0.1) is 11.3 Å². The monoisotopic (exact) mass is 270 g/mol. The van der Waals surface area contributed by atoms with Gasteiger partial charge in [0, 0.05) is 5.69 Å². The van der Waals surface area contributed by atoms with E-state index in [0.29, 0.717) is 4.88 Å². The first-order valence-corrected chi connectivity index (χ1v) is 6.51. The number of thiophene rings is 1. The van der Waals surface area contributed by atoms with Gasteiger partial charge in [-0.05, 0) is 35.7 Å². The third-order valence-electron chi connectivity index (χ3n) is 2.55. The summed E-state index contributed by atoms with van der Waals surface area (Å²) in [4.78, 5) is 16.4. The molecule has 0 spiro atoms. The van der Waals surface area contributed by atoms with Gasteiger partial charge in [-0.3, -0.25) is 4.79 Å². The zero-order valence-corrected chi connectivity index (χ0v) is 10.7. The standard InChI is InChI=1S/C13H10N4OS/c18-13(12-2-1-7-19-12)16-10-3-5-11(6-4-10)17-9-14-8-15-17/h1-9H,(H,16,18). The predicted octanol–water partition coefficient (Wildman–Crippen LogP) is 2.58. The van der Waals surface area contributed by atoms with Gasteiger partial charge in [-0.1, -0.05) is 6.07 Å². The van der Waals surface area contributed by atoms with Crippen molar-refractivity contribution < 1.29 is 4.79 Å². The van der Waals surface area contributed by atoms with Crippen molar-refractivity contribution in [3.8, 4) is 5.69 Å². The summed E-state index contributed by atoms with van der Waals surface area (Å²) in [6.07, 6.45) is 3.10. The van der Waals surface area contributed by atoms with Gasteiger partial charge in [0.05, 0.1) is 10.6 Å². The minimum Gasteiger partial charge on any atom is -0.321 e. The Morgan fingerprint density at radius 1 is 1.21 bits per heavy atom. The summed E-state index contributed by atoms with van der Waals surface area (Å²) in [6, 6.07) is 11.1. The maximum Gasteiger partial charge on any atom is 0.265 e. The normalized spacial score (nSPS) is 10.3. The van der Waals surface area contributed by atoms with Gasteiger partial charge in [0.25, 0.3) is 5.91 Å². The minimum absolute atomic E-state index is 0.0940. The summed E-state index contributed by atoms with van der Waals surface area (Å²) in [5.74, 6) is -0.0940. The number of hydrogen-bond acceptors (Lipinski definition) is 4. The number of anilines is 1. The van der Waals surface area contributed by atoms with Gasteiger partial charge in [-0.25, -0.2) is 9.67 Å². The topological polar surface area (TPSA) is 59.8 Å². The zero-order valence-electron chi connectivity index (χ0n) is 9.85. The van der Waals surface area contributed by atoms with E-state index in [0.717, 1.165) is 11.4 Å². The highest BCUT2D eigenvalue weighted by Crippen LogP contribution is 2.15. The summed E-state index contributed by atoms with van der Waals surface area (Å²) in [5.41, 5.74) is 1.65. The largest absolute Gasteiger partial charge is 0.321 e. The first-order valence-electron chi connectivity index (χ1n) is 5.63. The number of carbonyl (C=O) groups excluding carboxylic acids is 1. The van der Waals surface area contributed by atoms with Crippen LogP contribution in [0.1, 0.15) is 9.67 Å². The quantitative estimate of drug-likeness (QED) is 0.795. The van der Waals surface area contributed by atoms with Crippen LogP contribution in [-0.2, 0) is 0 Å². The zero-order chi connectivity index (χ0) is 13.1. The second kappa shape index (κ2) is 5.03. The van der Waals surface area contributed by atoms with Crippen LogP contribution in [0.4, 0.5) is 5.69 Å². The van der Waals surface area contributed by atoms with Crippen molar-refractivity contribution >= 4 is 22.9 Å². The molecular weight excluding hydrogens is 260 g/mol. The van der Waals surface area contributed by atoms with Crippen LogP contribution in [0.5, 0.6) is 0 Å². The number of hydrogen-bond donors (Lipinski definition) is 1. The molecule has 0 atom stereocenters. The molecule has 3 rings (SSSR count). The Labute approximate surface area is 113 Å². The molecule has 0 radical (unpaired) electrons.